The van der Waals surface area contributed by atoms with E-state index in [1.165, 1.54) is 11.3 Å². The number of thiazole rings is 1. The summed E-state index contributed by atoms with van der Waals surface area (Å²) in [4.78, 5) is 66.1. The van der Waals surface area contributed by atoms with E-state index in [-0.39, 0.29) is 72.2 Å². The largest absolute Gasteiger partial charge is 0.379 e. The Kier molecular flexibility index (Phi) is 18.4. The number of ether oxygens (including phenoxy) is 2. The van der Waals surface area contributed by atoms with E-state index in [1.54, 1.807) is 32.4 Å². The van der Waals surface area contributed by atoms with Gasteiger partial charge in [0.05, 0.1) is 48.7 Å². The Morgan fingerprint density at radius 2 is 1.64 bits per heavy atom. The fraction of sp³-hybridized carbons (Fsp3) is 0.698. The van der Waals surface area contributed by atoms with E-state index < -0.39 is 30.1 Å². The molecule has 308 valence electrons. The third kappa shape index (κ3) is 12.2. The molecule has 0 radical (unpaired) electrons. The maximum absolute atomic E-state index is 14.3. The van der Waals surface area contributed by atoms with Gasteiger partial charge in [0.2, 0.25) is 17.7 Å². The van der Waals surface area contributed by atoms with Gasteiger partial charge < -0.3 is 24.6 Å². The topological polar surface area (TPSA) is 121 Å². The van der Waals surface area contributed by atoms with Crippen molar-refractivity contribution < 1.29 is 28.7 Å². The highest BCUT2D eigenvalue weighted by Gasteiger charge is 2.43. The van der Waals surface area contributed by atoms with E-state index in [9.17, 15) is 19.2 Å². The molecule has 1 fully saturated rings. The highest BCUT2D eigenvalue weighted by atomic mass is 32.1. The van der Waals surface area contributed by atoms with E-state index in [0.29, 0.717) is 19.4 Å². The Balaban J connectivity index is 1.79. The van der Waals surface area contributed by atoms with Crippen molar-refractivity contribution in [2.75, 3.05) is 41.9 Å². The fourth-order valence-corrected chi connectivity index (χ4v) is 9.22. The van der Waals surface area contributed by atoms with Crippen LogP contribution in [0.25, 0.3) is 0 Å². The Bertz CT molecular complexity index is 1480. The number of hydrogen-bond acceptors (Lipinski definition) is 9. The lowest BCUT2D eigenvalue weighted by Gasteiger charge is -2.41. The lowest BCUT2D eigenvalue weighted by Crippen LogP contribution is -2.54. The number of rotatable bonds is 22. The zero-order valence-corrected chi connectivity index (χ0v) is 36.3. The standard InChI is InChI=1S/C43H69N5O6S/c1-13-29(6)39(47(10)43(52)32(27(2)3)25-35(49)38(28(4)5)46(8)9)36(53-11)26-37(50)48-22-17-20-34(48)40(54-12)30(7)41(51)45-33(42-44-21-23-55-42)24-31-18-15-14-16-19-31/h14-16,18-19,21,23,27-30,32-34,36,38-40H,13,17,20,22,24-26H2,1-12H3,(H,45,51)/t29-,30+,32-,33-,34?,36+,38-,39-,40+/m0/s1. The molecule has 1 N–H and O–H groups in total. The number of methoxy groups -OCH3 is 2. The molecule has 0 bridgehead atoms. The number of carbonyl (C=O) groups is 4. The first-order valence-electron chi connectivity index (χ1n) is 20.1. The van der Waals surface area contributed by atoms with E-state index in [1.807, 2.05) is 94.2 Å². The molecule has 12 heteroatoms. The van der Waals surface area contributed by atoms with Gasteiger partial charge in [-0.2, -0.15) is 0 Å². The van der Waals surface area contributed by atoms with Crippen molar-refractivity contribution in [2.45, 2.75) is 123 Å². The van der Waals surface area contributed by atoms with Gasteiger partial charge in [0.15, 0.2) is 5.78 Å². The number of hydrogen-bond donors (Lipinski definition) is 1. The molecule has 0 saturated carbocycles. The van der Waals surface area contributed by atoms with Crippen LogP contribution in [0.4, 0.5) is 0 Å². The Hall–Kier alpha value is -3.19. The van der Waals surface area contributed by atoms with Gasteiger partial charge in [0.25, 0.3) is 0 Å². The van der Waals surface area contributed by atoms with Crippen molar-refractivity contribution in [3.8, 4) is 0 Å². The molecule has 1 aromatic carbocycles. The van der Waals surface area contributed by atoms with Crippen LogP contribution in [-0.4, -0.2) is 115 Å². The van der Waals surface area contributed by atoms with E-state index in [4.69, 9.17) is 9.47 Å². The number of Topliss-reactive ketones (excluding diaryl/α,β-unsaturated/α-hetero) is 1. The summed E-state index contributed by atoms with van der Waals surface area (Å²) in [5.74, 6) is -1.26. The van der Waals surface area contributed by atoms with Gasteiger partial charge in [0, 0.05) is 51.7 Å². The monoisotopic (exact) mass is 783 g/mol. The maximum atomic E-state index is 14.3. The second-order valence-corrected chi connectivity index (χ2v) is 17.3. The first-order chi connectivity index (χ1) is 26.1. The number of likely N-dealkylation sites (tertiary alicyclic amines) is 1. The Labute approximate surface area is 334 Å². The van der Waals surface area contributed by atoms with Crippen molar-refractivity contribution in [1.29, 1.82) is 0 Å². The third-order valence-corrected chi connectivity index (χ3v) is 12.6. The van der Waals surface area contributed by atoms with Crippen molar-refractivity contribution in [1.82, 2.24) is 25.0 Å². The predicted octanol–water partition coefficient (Wildman–Crippen LogP) is 6.28. The maximum Gasteiger partial charge on any atom is 0.226 e. The van der Waals surface area contributed by atoms with Crippen LogP contribution in [0.1, 0.15) is 97.2 Å². The molecule has 1 unspecified atom stereocenters. The van der Waals surface area contributed by atoms with Gasteiger partial charge in [-0.25, -0.2) is 4.98 Å². The van der Waals surface area contributed by atoms with Crippen LogP contribution in [-0.2, 0) is 35.1 Å². The van der Waals surface area contributed by atoms with Crippen molar-refractivity contribution >= 4 is 34.8 Å². The molecular formula is C43H69N5O6S. The molecule has 1 saturated heterocycles. The number of carbonyl (C=O) groups excluding carboxylic acids is 4. The van der Waals surface area contributed by atoms with Gasteiger partial charge in [-0.05, 0) is 56.7 Å². The summed E-state index contributed by atoms with van der Waals surface area (Å²) in [5.41, 5.74) is 1.10. The minimum absolute atomic E-state index is 0.0203. The molecule has 0 spiro atoms. The lowest BCUT2D eigenvalue weighted by atomic mass is 9.83. The Morgan fingerprint density at radius 1 is 0.964 bits per heavy atom. The van der Waals surface area contributed by atoms with Crippen LogP contribution >= 0.6 is 11.3 Å². The van der Waals surface area contributed by atoms with Crippen LogP contribution in [0.2, 0.25) is 0 Å². The lowest BCUT2D eigenvalue weighted by molar-refractivity contribution is -0.149. The number of likely N-dealkylation sites (N-methyl/N-ethyl adjacent to an activating group) is 2. The van der Waals surface area contributed by atoms with Crippen molar-refractivity contribution in [2.24, 2.45) is 29.6 Å². The molecule has 9 atom stereocenters. The Morgan fingerprint density at radius 3 is 2.16 bits per heavy atom. The molecule has 1 aliphatic heterocycles. The first-order valence-corrected chi connectivity index (χ1v) is 21.0. The number of ketones is 1. The van der Waals surface area contributed by atoms with Gasteiger partial charge in [-0.1, -0.05) is 85.2 Å². The molecule has 55 heavy (non-hydrogen) atoms. The molecule has 1 aromatic heterocycles. The van der Waals surface area contributed by atoms with Crippen LogP contribution in [0.5, 0.6) is 0 Å². The van der Waals surface area contributed by atoms with Gasteiger partial charge in [0.1, 0.15) is 5.01 Å². The number of amides is 3. The summed E-state index contributed by atoms with van der Waals surface area (Å²) >= 11 is 1.51. The summed E-state index contributed by atoms with van der Waals surface area (Å²) in [6.07, 6.45) is 3.74. The average Bonchev–Trinajstić information content (AvgIpc) is 3.87. The second-order valence-electron chi connectivity index (χ2n) is 16.4. The number of nitrogens with one attached hydrogen (secondary N) is 1. The normalized spacial score (nSPS) is 19.1. The third-order valence-electron chi connectivity index (χ3n) is 11.7. The summed E-state index contributed by atoms with van der Waals surface area (Å²) in [7, 11) is 8.80. The number of aromatic nitrogens is 1. The second kappa shape index (κ2) is 21.9. The zero-order chi connectivity index (χ0) is 41.0. The van der Waals surface area contributed by atoms with Gasteiger partial charge in [-0.15, -0.1) is 11.3 Å². The minimum Gasteiger partial charge on any atom is -0.379 e. The smallest absolute Gasteiger partial charge is 0.226 e. The molecule has 3 rings (SSSR count). The number of nitrogens with zero attached hydrogens (tertiary/aromatic N) is 4. The van der Waals surface area contributed by atoms with Crippen LogP contribution in [0.15, 0.2) is 41.9 Å². The average molecular weight is 784 g/mol. The molecule has 2 heterocycles. The highest BCUT2D eigenvalue weighted by Crippen LogP contribution is 2.31. The SMILES string of the molecule is CC[C@H](C)[C@@H]([C@@H](CC(=O)N1CCCC1[C@H](OC)[C@@H](C)C(=O)N[C@@H](Cc1ccccc1)c1nccs1)OC)N(C)C(=O)[C@@H](CC(=O)[C@H](C(C)C)N(C)C)C(C)C. The van der Waals surface area contributed by atoms with Crippen LogP contribution < -0.4 is 5.32 Å². The molecular weight excluding hydrogens is 715 g/mol. The molecule has 0 aliphatic carbocycles. The fourth-order valence-electron chi connectivity index (χ4n) is 8.53. The predicted molar refractivity (Wildman–Crippen MR) is 220 cm³/mol. The number of benzene rings is 1. The molecule has 1 aliphatic rings. The zero-order valence-electron chi connectivity index (χ0n) is 35.5. The summed E-state index contributed by atoms with van der Waals surface area (Å²) in [5, 5.41) is 5.98. The summed E-state index contributed by atoms with van der Waals surface area (Å²) in [6, 6.07) is 8.76. The molecule has 3 amide bonds. The van der Waals surface area contributed by atoms with Gasteiger partial charge >= 0.3 is 0 Å². The van der Waals surface area contributed by atoms with Crippen LogP contribution in [0.3, 0.4) is 0 Å². The highest BCUT2D eigenvalue weighted by molar-refractivity contribution is 7.09. The van der Waals surface area contributed by atoms with Crippen molar-refractivity contribution in [3.63, 3.8) is 0 Å². The van der Waals surface area contributed by atoms with E-state index in [0.717, 1.165) is 23.4 Å². The summed E-state index contributed by atoms with van der Waals surface area (Å²) < 4.78 is 12.1. The van der Waals surface area contributed by atoms with E-state index >= 15 is 0 Å². The van der Waals surface area contributed by atoms with Crippen molar-refractivity contribution in [3.05, 3.63) is 52.5 Å². The summed E-state index contributed by atoms with van der Waals surface area (Å²) in [6.45, 7) is 14.6. The molecule has 11 nitrogen and oxygen atoms in total. The molecule has 2 aromatic rings. The quantitative estimate of drug-likeness (QED) is 0.148. The minimum atomic E-state index is -0.579. The first kappa shape index (κ1) is 46.2. The van der Waals surface area contributed by atoms with Gasteiger partial charge in [-0.3, -0.25) is 24.1 Å². The van der Waals surface area contributed by atoms with Crippen LogP contribution in [0, 0.1) is 29.6 Å². The van der Waals surface area contributed by atoms with E-state index in [2.05, 4.69) is 24.1 Å².